The molecule has 0 saturated carbocycles. The van der Waals surface area contributed by atoms with Crippen LogP contribution in [0.5, 0.6) is 0 Å². The van der Waals surface area contributed by atoms with Gasteiger partial charge in [-0.15, -0.1) is 11.3 Å². The van der Waals surface area contributed by atoms with Gasteiger partial charge in [0.1, 0.15) is 16.5 Å². The molecule has 3 aromatic rings. The summed E-state index contributed by atoms with van der Waals surface area (Å²) in [5.41, 5.74) is 1.19. The Morgan fingerprint density at radius 2 is 2.14 bits per heavy atom. The molecule has 0 aromatic carbocycles. The van der Waals surface area contributed by atoms with Gasteiger partial charge in [0, 0.05) is 26.0 Å². The minimum atomic E-state index is 0.706. The van der Waals surface area contributed by atoms with Crippen LogP contribution in [0.15, 0.2) is 36.0 Å². The van der Waals surface area contributed by atoms with E-state index in [-0.39, 0.29) is 0 Å². The third-order valence-corrected chi connectivity index (χ3v) is 4.00. The minimum Gasteiger partial charge on any atom is -0.372 e. The van der Waals surface area contributed by atoms with E-state index in [1.165, 1.54) is 5.56 Å². The SMILES string of the molecule is CNc1nc(CN(C)Cc2cccnc2)nc2sccc12. The fourth-order valence-corrected chi connectivity index (χ4v) is 3.04. The lowest BCUT2D eigenvalue weighted by Crippen LogP contribution is -2.19. The first kappa shape index (κ1) is 13.9. The van der Waals surface area contributed by atoms with Gasteiger partial charge in [-0.3, -0.25) is 9.88 Å². The Bertz CT molecular complexity index is 725. The van der Waals surface area contributed by atoms with Crippen molar-refractivity contribution in [3.63, 3.8) is 0 Å². The zero-order chi connectivity index (χ0) is 14.7. The average Bonchev–Trinajstić information content (AvgIpc) is 2.95. The molecule has 0 saturated heterocycles. The molecular formula is C15H17N5S. The van der Waals surface area contributed by atoms with Crippen molar-refractivity contribution in [1.82, 2.24) is 19.9 Å². The van der Waals surface area contributed by atoms with E-state index in [1.807, 2.05) is 24.7 Å². The highest BCUT2D eigenvalue weighted by Gasteiger charge is 2.10. The van der Waals surface area contributed by atoms with Crippen molar-refractivity contribution in [2.75, 3.05) is 19.4 Å². The number of pyridine rings is 1. The summed E-state index contributed by atoms with van der Waals surface area (Å²) in [5, 5.41) is 6.28. The quantitative estimate of drug-likeness (QED) is 0.785. The fraction of sp³-hybridized carbons (Fsp3) is 0.267. The molecule has 3 aromatic heterocycles. The van der Waals surface area contributed by atoms with Gasteiger partial charge in [0.25, 0.3) is 0 Å². The molecule has 21 heavy (non-hydrogen) atoms. The van der Waals surface area contributed by atoms with Gasteiger partial charge in [0.05, 0.1) is 11.9 Å². The molecule has 3 rings (SSSR count). The molecule has 0 spiro atoms. The molecule has 0 aliphatic heterocycles. The molecule has 6 heteroatoms. The summed E-state index contributed by atoms with van der Waals surface area (Å²) in [7, 11) is 3.95. The van der Waals surface area contributed by atoms with Crippen LogP contribution in [-0.4, -0.2) is 33.9 Å². The minimum absolute atomic E-state index is 0.706. The van der Waals surface area contributed by atoms with E-state index in [9.17, 15) is 0 Å². The van der Waals surface area contributed by atoms with Crippen LogP contribution in [0.1, 0.15) is 11.4 Å². The maximum Gasteiger partial charge on any atom is 0.146 e. The molecule has 5 nitrogen and oxygen atoms in total. The predicted molar refractivity (Wildman–Crippen MR) is 86.4 cm³/mol. The first-order valence-corrected chi connectivity index (χ1v) is 7.63. The molecule has 0 bridgehead atoms. The molecule has 0 fully saturated rings. The third-order valence-electron chi connectivity index (χ3n) is 3.19. The summed E-state index contributed by atoms with van der Waals surface area (Å²) < 4.78 is 0. The molecule has 1 N–H and O–H groups in total. The summed E-state index contributed by atoms with van der Waals surface area (Å²) >= 11 is 1.64. The van der Waals surface area contributed by atoms with Gasteiger partial charge < -0.3 is 5.32 Å². The van der Waals surface area contributed by atoms with Crippen molar-refractivity contribution in [1.29, 1.82) is 0 Å². The Labute approximate surface area is 127 Å². The van der Waals surface area contributed by atoms with E-state index < -0.39 is 0 Å². The highest BCUT2D eigenvalue weighted by atomic mass is 32.1. The van der Waals surface area contributed by atoms with E-state index >= 15 is 0 Å². The second-order valence-corrected chi connectivity index (χ2v) is 5.81. The van der Waals surface area contributed by atoms with Crippen molar-refractivity contribution in [3.05, 3.63) is 47.4 Å². The second-order valence-electron chi connectivity index (χ2n) is 4.91. The van der Waals surface area contributed by atoms with Gasteiger partial charge in [-0.2, -0.15) is 0 Å². The number of aromatic nitrogens is 3. The van der Waals surface area contributed by atoms with Crippen LogP contribution >= 0.6 is 11.3 Å². The molecule has 0 unspecified atom stereocenters. The molecule has 3 heterocycles. The Balaban J connectivity index is 1.78. The standard InChI is InChI=1S/C15H17N5S/c1-16-14-12-5-7-21-15(12)19-13(18-14)10-20(2)9-11-4-3-6-17-8-11/h3-8H,9-10H2,1-2H3,(H,16,18,19). The van der Waals surface area contributed by atoms with Crippen molar-refractivity contribution >= 4 is 27.4 Å². The summed E-state index contributed by atoms with van der Waals surface area (Å²) in [4.78, 5) is 16.6. The van der Waals surface area contributed by atoms with Gasteiger partial charge >= 0.3 is 0 Å². The predicted octanol–water partition coefficient (Wildman–Crippen LogP) is 2.76. The number of hydrogen-bond acceptors (Lipinski definition) is 6. The lowest BCUT2D eigenvalue weighted by atomic mass is 10.2. The Hall–Kier alpha value is -2.05. The van der Waals surface area contributed by atoms with Crippen LogP contribution in [0.25, 0.3) is 10.2 Å². The van der Waals surface area contributed by atoms with Crippen molar-refractivity contribution in [2.24, 2.45) is 0 Å². The van der Waals surface area contributed by atoms with Crippen LogP contribution in [-0.2, 0) is 13.1 Å². The maximum absolute atomic E-state index is 4.64. The average molecular weight is 299 g/mol. The molecular weight excluding hydrogens is 282 g/mol. The summed E-state index contributed by atoms with van der Waals surface area (Å²) in [5.74, 6) is 1.73. The number of hydrogen-bond donors (Lipinski definition) is 1. The normalized spacial score (nSPS) is 11.2. The zero-order valence-corrected chi connectivity index (χ0v) is 12.9. The summed E-state index contributed by atoms with van der Waals surface area (Å²) in [6.45, 7) is 1.53. The summed E-state index contributed by atoms with van der Waals surface area (Å²) in [6, 6.07) is 6.08. The lowest BCUT2D eigenvalue weighted by molar-refractivity contribution is 0.311. The topological polar surface area (TPSA) is 53.9 Å². The largest absolute Gasteiger partial charge is 0.372 e. The number of thiophene rings is 1. The molecule has 0 amide bonds. The van der Waals surface area contributed by atoms with E-state index in [2.05, 4.69) is 44.3 Å². The van der Waals surface area contributed by atoms with E-state index in [0.29, 0.717) is 6.54 Å². The molecule has 0 radical (unpaired) electrons. The van der Waals surface area contributed by atoms with Crippen LogP contribution in [0.2, 0.25) is 0 Å². The monoisotopic (exact) mass is 299 g/mol. The van der Waals surface area contributed by atoms with E-state index in [0.717, 1.165) is 28.4 Å². The van der Waals surface area contributed by atoms with Crippen LogP contribution in [0.4, 0.5) is 5.82 Å². The van der Waals surface area contributed by atoms with E-state index in [1.54, 1.807) is 17.5 Å². The fourth-order valence-electron chi connectivity index (χ4n) is 2.26. The Kier molecular flexibility index (Phi) is 4.08. The second kappa shape index (κ2) is 6.15. The van der Waals surface area contributed by atoms with Crippen LogP contribution < -0.4 is 5.32 Å². The maximum atomic E-state index is 4.64. The summed E-state index contributed by atoms with van der Waals surface area (Å²) in [6.07, 6.45) is 3.68. The number of nitrogens with one attached hydrogen (secondary N) is 1. The van der Waals surface area contributed by atoms with Gasteiger partial charge in [-0.1, -0.05) is 6.07 Å². The molecule has 0 atom stereocenters. The van der Waals surface area contributed by atoms with Gasteiger partial charge in [0.15, 0.2) is 0 Å². The third kappa shape index (κ3) is 3.17. The number of anilines is 1. The number of fused-ring (bicyclic) bond motifs is 1. The van der Waals surface area contributed by atoms with Crippen LogP contribution in [0.3, 0.4) is 0 Å². The van der Waals surface area contributed by atoms with Crippen molar-refractivity contribution < 1.29 is 0 Å². The smallest absolute Gasteiger partial charge is 0.146 e. The van der Waals surface area contributed by atoms with Crippen LogP contribution in [0, 0.1) is 0 Å². The van der Waals surface area contributed by atoms with E-state index in [4.69, 9.17) is 0 Å². The lowest BCUT2D eigenvalue weighted by Gasteiger charge is -2.16. The van der Waals surface area contributed by atoms with Gasteiger partial charge in [-0.25, -0.2) is 9.97 Å². The first-order valence-electron chi connectivity index (χ1n) is 6.75. The number of rotatable bonds is 5. The highest BCUT2D eigenvalue weighted by Crippen LogP contribution is 2.25. The Morgan fingerprint density at radius 1 is 1.24 bits per heavy atom. The van der Waals surface area contributed by atoms with Gasteiger partial charge in [0.2, 0.25) is 0 Å². The van der Waals surface area contributed by atoms with Gasteiger partial charge in [-0.05, 0) is 30.1 Å². The first-order chi connectivity index (χ1) is 10.3. The highest BCUT2D eigenvalue weighted by molar-refractivity contribution is 7.16. The van der Waals surface area contributed by atoms with Crippen molar-refractivity contribution in [2.45, 2.75) is 13.1 Å². The van der Waals surface area contributed by atoms with Crippen molar-refractivity contribution in [3.8, 4) is 0 Å². The molecule has 108 valence electrons. The zero-order valence-electron chi connectivity index (χ0n) is 12.1. The molecule has 0 aliphatic rings. The number of nitrogens with zero attached hydrogens (tertiary/aromatic N) is 4. The molecule has 0 aliphatic carbocycles. The Morgan fingerprint density at radius 3 is 2.90 bits per heavy atom.